The van der Waals surface area contributed by atoms with Gasteiger partial charge < -0.3 is 11.1 Å². The average Bonchev–Trinajstić information content (AvgIpc) is 2.60. The number of aliphatic imine (C=N–C) groups is 1. The van der Waals surface area contributed by atoms with Gasteiger partial charge in [-0.15, -0.1) is 0 Å². The first kappa shape index (κ1) is 16.9. The van der Waals surface area contributed by atoms with Crippen LogP contribution in [0.25, 0.3) is 0 Å². The van der Waals surface area contributed by atoms with Crippen molar-refractivity contribution in [3.63, 3.8) is 0 Å². The lowest BCUT2D eigenvalue weighted by molar-refractivity contribution is 0.614. The number of nitrogens with zero attached hydrogens (tertiary/aromatic N) is 2. The Labute approximate surface area is 150 Å². The van der Waals surface area contributed by atoms with Gasteiger partial charge in [-0.05, 0) is 42.0 Å². The molecule has 25 heavy (non-hydrogen) atoms. The normalized spacial score (nSPS) is 11.4. The molecule has 1 aromatic heterocycles. The fourth-order valence-corrected chi connectivity index (χ4v) is 2.46. The van der Waals surface area contributed by atoms with Gasteiger partial charge in [-0.3, -0.25) is 0 Å². The van der Waals surface area contributed by atoms with Crippen molar-refractivity contribution in [3.05, 3.63) is 88.8 Å². The van der Waals surface area contributed by atoms with E-state index in [0.29, 0.717) is 22.8 Å². The minimum Gasteiger partial charge on any atom is -0.369 e. The molecule has 3 aromatic rings. The van der Waals surface area contributed by atoms with Gasteiger partial charge in [-0.2, -0.15) is 4.99 Å². The van der Waals surface area contributed by atoms with Crippen molar-refractivity contribution in [1.29, 1.82) is 0 Å². The molecule has 0 radical (unpaired) electrons. The van der Waals surface area contributed by atoms with E-state index in [-0.39, 0.29) is 11.8 Å². The largest absolute Gasteiger partial charge is 0.369 e. The summed E-state index contributed by atoms with van der Waals surface area (Å²) in [5.41, 5.74) is 8.09. The van der Waals surface area contributed by atoms with Crippen molar-refractivity contribution >= 4 is 29.1 Å². The van der Waals surface area contributed by atoms with Gasteiger partial charge in [-0.1, -0.05) is 35.9 Å². The molecule has 0 unspecified atom stereocenters. The first-order chi connectivity index (χ1) is 12.1. The Morgan fingerprint density at radius 1 is 1.04 bits per heavy atom. The van der Waals surface area contributed by atoms with Crippen molar-refractivity contribution in [2.24, 2.45) is 10.7 Å². The Kier molecular flexibility index (Phi) is 5.26. The molecule has 6 heteroatoms. The third-order valence-electron chi connectivity index (χ3n) is 3.55. The van der Waals surface area contributed by atoms with Gasteiger partial charge in [0.05, 0.1) is 0 Å². The Morgan fingerprint density at radius 2 is 1.76 bits per heavy atom. The maximum absolute atomic E-state index is 13.9. The summed E-state index contributed by atoms with van der Waals surface area (Å²) in [6, 6.07) is 17.4. The molecule has 0 atom stereocenters. The molecule has 3 rings (SSSR count). The predicted octanol–water partition coefficient (Wildman–Crippen LogP) is 4.52. The van der Waals surface area contributed by atoms with Gasteiger partial charge in [0.2, 0.25) is 0 Å². The number of pyridine rings is 1. The second kappa shape index (κ2) is 7.77. The van der Waals surface area contributed by atoms with Crippen molar-refractivity contribution in [3.8, 4) is 0 Å². The molecular weight excluding hydrogens is 339 g/mol. The van der Waals surface area contributed by atoms with Crippen LogP contribution < -0.4 is 11.1 Å². The van der Waals surface area contributed by atoms with Crippen LogP contribution in [0.3, 0.4) is 0 Å². The first-order valence-corrected chi connectivity index (χ1v) is 8.03. The maximum atomic E-state index is 13.9. The molecule has 2 aromatic carbocycles. The van der Waals surface area contributed by atoms with E-state index in [0.717, 1.165) is 11.3 Å². The van der Waals surface area contributed by atoms with Crippen LogP contribution in [0.1, 0.15) is 11.1 Å². The Morgan fingerprint density at radius 3 is 2.52 bits per heavy atom. The van der Waals surface area contributed by atoms with E-state index in [1.807, 2.05) is 6.07 Å². The van der Waals surface area contributed by atoms with Crippen molar-refractivity contribution in [2.75, 3.05) is 5.32 Å². The molecule has 126 valence electrons. The quantitative estimate of drug-likeness (QED) is 0.534. The second-order valence-corrected chi connectivity index (χ2v) is 5.82. The summed E-state index contributed by atoms with van der Waals surface area (Å²) in [6.45, 7) is 0. The minimum atomic E-state index is -0.256. The van der Waals surface area contributed by atoms with Gasteiger partial charge >= 0.3 is 0 Å². The SMILES string of the molecule is N/C(=N\c1ncccc1Cc1ccccc1F)Nc1ccc(Cl)cc1. The monoisotopic (exact) mass is 354 g/mol. The lowest BCUT2D eigenvalue weighted by Gasteiger charge is -2.08. The summed E-state index contributed by atoms with van der Waals surface area (Å²) in [6.07, 6.45) is 2.01. The topological polar surface area (TPSA) is 63.3 Å². The molecule has 0 saturated heterocycles. The van der Waals surface area contributed by atoms with E-state index < -0.39 is 0 Å². The van der Waals surface area contributed by atoms with Crippen LogP contribution in [0.4, 0.5) is 15.9 Å². The molecule has 3 N–H and O–H groups in total. The summed E-state index contributed by atoms with van der Waals surface area (Å²) < 4.78 is 13.9. The van der Waals surface area contributed by atoms with Gasteiger partial charge in [0, 0.05) is 28.9 Å². The van der Waals surface area contributed by atoms with E-state index in [1.54, 1.807) is 54.7 Å². The lowest BCUT2D eigenvalue weighted by Crippen LogP contribution is -2.22. The van der Waals surface area contributed by atoms with Crippen LogP contribution in [0, 0.1) is 5.82 Å². The minimum absolute atomic E-state index is 0.191. The van der Waals surface area contributed by atoms with Crippen LogP contribution in [-0.2, 0) is 6.42 Å². The maximum Gasteiger partial charge on any atom is 0.199 e. The Hall–Kier alpha value is -2.92. The van der Waals surface area contributed by atoms with Crippen molar-refractivity contribution < 1.29 is 4.39 Å². The zero-order valence-electron chi connectivity index (χ0n) is 13.3. The third-order valence-corrected chi connectivity index (χ3v) is 3.80. The number of nitrogens with one attached hydrogen (secondary N) is 1. The molecule has 0 aliphatic rings. The van der Waals surface area contributed by atoms with Gasteiger partial charge in [0.1, 0.15) is 5.82 Å². The molecule has 0 aliphatic heterocycles. The number of halogens is 2. The van der Waals surface area contributed by atoms with Crippen LogP contribution in [-0.4, -0.2) is 10.9 Å². The molecule has 0 bridgehead atoms. The number of nitrogens with two attached hydrogens (primary N) is 1. The first-order valence-electron chi connectivity index (χ1n) is 7.66. The predicted molar refractivity (Wildman–Crippen MR) is 99.8 cm³/mol. The highest BCUT2D eigenvalue weighted by molar-refractivity contribution is 6.30. The fourth-order valence-electron chi connectivity index (χ4n) is 2.34. The second-order valence-electron chi connectivity index (χ2n) is 5.38. The fraction of sp³-hybridized carbons (Fsp3) is 0.0526. The van der Waals surface area contributed by atoms with E-state index >= 15 is 0 Å². The third kappa shape index (κ3) is 4.55. The number of hydrogen-bond acceptors (Lipinski definition) is 2. The van der Waals surface area contributed by atoms with Crippen molar-refractivity contribution in [1.82, 2.24) is 4.98 Å². The van der Waals surface area contributed by atoms with Crippen LogP contribution in [0.15, 0.2) is 71.9 Å². The molecule has 0 fully saturated rings. The van der Waals surface area contributed by atoms with Gasteiger partial charge in [0.15, 0.2) is 11.8 Å². The highest BCUT2D eigenvalue weighted by Gasteiger charge is 2.08. The van der Waals surface area contributed by atoms with Crippen molar-refractivity contribution in [2.45, 2.75) is 6.42 Å². The van der Waals surface area contributed by atoms with Crippen LogP contribution in [0.2, 0.25) is 5.02 Å². The van der Waals surface area contributed by atoms with Crippen LogP contribution in [0.5, 0.6) is 0 Å². The number of aromatic nitrogens is 1. The van der Waals surface area contributed by atoms with E-state index in [9.17, 15) is 4.39 Å². The number of hydrogen-bond donors (Lipinski definition) is 2. The molecule has 0 amide bonds. The summed E-state index contributed by atoms with van der Waals surface area (Å²) in [5, 5.41) is 3.61. The van der Waals surface area contributed by atoms with E-state index in [4.69, 9.17) is 17.3 Å². The lowest BCUT2D eigenvalue weighted by atomic mass is 10.1. The Bertz CT molecular complexity index is 894. The number of rotatable bonds is 4. The molecule has 4 nitrogen and oxygen atoms in total. The average molecular weight is 355 g/mol. The molecule has 0 saturated carbocycles. The van der Waals surface area contributed by atoms with E-state index in [1.165, 1.54) is 6.07 Å². The zero-order chi connectivity index (χ0) is 17.6. The summed E-state index contributed by atoms with van der Waals surface area (Å²) in [5.74, 6) is 0.383. The van der Waals surface area contributed by atoms with Gasteiger partial charge in [0.25, 0.3) is 0 Å². The van der Waals surface area contributed by atoms with E-state index in [2.05, 4.69) is 15.3 Å². The zero-order valence-corrected chi connectivity index (χ0v) is 14.0. The molecule has 1 heterocycles. The van der Waals surface area contributed by atoms with Crippen LogP contribution >= 0.6 is 11.6 Å². The summed E-state index contributed by atoms with van der Waals surface area (Å²) in [7, 11) is 0. The van der Waals surface area contributed by atoms with Gasteiger partial charge in [-0.25, -0.2) is 9.37 Å². The molecular formula is C19H16ClFN4. The highest BCUT2D eigenvalue weighted by atomic mass is 35.5. The summed E-state index contributed by atoms with van der Waals surface area (Å²) in [4.78, 5) is 8.57. The number of benzene rings is 2. The molecule has 0 aliphatic carbocycles. The number of guanidine groups is 1. The standard InChI is InChI=1S/C19H16ClFN4/c20-15-7-9-16(10-8-15)24-19(22)25-18-14(5-3-11-23-18)12-13-4-1-2-6-17(13)21/h1-11H,12H2,(H3,22,23,24,25). The molecule has 0 spiro atoms. The smallest absolute Gasteiger partial charge is 0.199 e. The highest BCUT2D eigenvalue weighted by Crippen LogP contribution is 2.21. The number of anilines is 1. The summed E-state index contributed by atoms with van der Waals surface area (Å²) >= 11 is 5.86. The Balaban J connectivity index is 1.82.